The summed E-state index contributed by atoms with van der Waals surface area (Å²) in [4.78, 5) is 13.2. The summed E-state index contributed by atoms with van der Waals surface area (Å²) in [6, 6.07) is 37.8. The maximum absolute atomic E-state index is 13.2. The van der Waals surface area contributed by atoms with Gasteiger partial charge in [-0.2, -0.15) is 5.10 Å². The zero-order valence-electron chi connectivity index (χ0n) is 20.4. The highest BCUT2D eigenvalue weighted by Crippen LogP contribution is 2.30. The molecule has 5 rings (SSSR count). The fourth-order valence-corrected chi connectivity index (χ4v) is 5.02. The first-order chi connectivity index (χ1) is 18.6. The summed E-state index contributed by atoms with van der Waals surface area (Å²) < 4.78 is 7.04. The van der Waals surface area contributed by atoms with Gasteiger partial charge in [0.1, 0.15) is 12.4 Å². The molecule has 38 heavy (non-hydrogen) atoms. The number of benzene rings is 5. The van der Waals surface area contributed by atoms with Crippen molar-refractivity contribution in [2.45, 2.75) is 12.2 Å². The van der Waals surface area contributed by atoms with E-state index in [-0.39, 0.29) is 0 Å². The van der Waals surface area contributed by atoms with Crippen molar-refractivity contribution >= 4 is 45.5 Å². The van der Waals surface area contributed by atoms with Crippen molar-refractivity contribution in [3.63, 3.8) is 0 Å². The second-order valence-corrected chi connectivity index (χ2v) is 9.92. The molecule has 0 fully saturated rings. The number of halogens is 1. The van der Waals surface area contributed by atoms with Crippen molar-refractivity contribution in [2.24, 2.45) is 5.10 Å². The predicted molar refractivity (Wildman–Crippen MR) is 159 cm³/mol. The molecule has 0 unspecified atom stereocenters. The van der Waals surface area contributed by atoms with Gasteiger partial charge in [-0.25, -0.2) is 5.43 Å². The SMILES string of the molecule is O=C(N/N=C/c1ccc(OCc2cccc3ccccc23)c(I)c1)C(O)(c1ccccc1)c1ccccc1. The number of hydrogen-bond acceptors (Lipinski definition) is 4. The van der Waals surface area contributed by atoms with Gasteiger partial charge in [0.25, 0.3) is 5.91 Å². The van der Waals surface area contributed by atoms with E-state index in [1.165, 1.54) is 10.8 Å². The normalized spacial score (nSPS) is 11.5. The van der Waals surface area contributed by atoms with E-state index < -0.39 is 11.5 Å². The third-order valence-corrected chi connectivity index (χ3v) is 7.15. The molecule has 5 nitrogen and oxygen atoms in total. The van der Waals surface area contributed by atoms with E-state index in [0.717, 1.165) is 20.4 Å². The van der Waals surface area contributed by atoms with Crippen molar-refractivity contribution < 1.29 is 14.6 Å². The fraction of sp³-hybridized carbons (Fsp3) is 0.0625. The summed E-state index contributed by atoms with van der Waals surface area (Å²) in [5, 5.41) is 18.0. The molecule has 188 valence electrons. The van der Waals surface area contributed by atoms with Crippen LogP contribution in [0.4, 0.5) is 0 Å². The van der Waals surface area contributed by atoms with Crippen molar-refractivity contribution in [3.8, 4) is 5.75 Å². The number of aliphatic hydroxyl groups is 1. The molecule has 0 bridgehead atoms. The molecule has 0 saturated carbocycles. The number of hydrogen-bond donors (Lipinski definition) is 2. The molecule has 0 spiro atoms. The molecule has 6 heteroatoms. The highest BCUT2D eigenvalue weighted by molar-refractivity contribution is 14.1. The lowest BCUT2D eigenvalue weighted by molar-refractivity contribution is -0.136. The average molecular weight is 612 g/mol. The van der Waals surface area contributed by atoms with Gasteiger partial charge < -0.3 is 9.84 Å². The van der Waals surface area contributed by atoms with Gasteiger partial charge in [-0.1, -0.05) is 103 Å². The maximum atomic E-state index is 13.2. The quantitative estimate of drug-likeness (QED) is 0.121. The van der Waals surface area contributed by atoms with Gasteiger partial charge in [-0.05, 0) is 73.8 Å². The molecule has 0 aromatic heterocycles. The number of carbonyl (C=O) groups excluding carboxylic acids is 1. The Bertz CT molecular complexity index is 1540. The van der Waals surface area contributed by atoms with Crippen LogP contribution >= 0.6 is 22.6 Å². The van der Waals surface area contributed by atoms with E-state index in [4.69, 9.17) is 4.74 Å². The van der Waals surface area contributed by atoms with Crippen LogP contribution in [0.25, 0.3) is 10.8 Å². The third-order valence-electron chi connectivity index (χ3n) is 6.31. The second kappa shape index (κ2) is 11.6. The van der Waals surface area contributed by atoms with Gasteiger partial charge in [-0.15, -0.1) is 0 Å². The monoisotopic (exact) mass is 612 g/mol. The van der Waals surface area contributed by atoms with Crippen LogP contribution in [0.5, 0.6) is 5.75 Å². The van der Waals surface area contributed by atoms with Gasteiger partial charge in [0.2, 0.25) is 0 Å². The van der Waals surface area contributed by atoms with Crippen molar-refractivity contribution in [1.82, 2.24) is 5.43 Å². The summed E-state index contributed by atoms with van der Waals surface area (Å²) in [5.74, 6) is 0.123. The Hall–Kier alpha value is -4.01. The topological polar surface area (TPSA) is 70.9 Å². The largest absolute Gasteiger partial charge is 0.488 e. The van der Waals surface area contributed by atoms with Crippen LogP contribution < -0.4 is 10.2 Å². The number of amides is 1. The van der Waals surface area contributed by atoms with Crippen molar-refractivity contribution in [1.29, 1.82) is 0 Å². The van der Waals surface area contributed by atoms with Crippen LogP contribution in [-0.4, -0.2) is 17.2 Å². The molecule has 2 N–H and O–H groups in total. The van der Waals surface area contributed by atoms with Crippen LogP contribution in [0.3, 0.4) is 0 Å². The van der Waals surface area contributed by atoms with Gasteiger partial charge in [-0.3, -0.25) is 4.79 Å². The summed E-state index contributed by atoms with van der Waals surface area (Å²) in [7, 11) is 0. The van der Waals surface area contributed by atoms with Crippen LogP contribution in [-0.2, 0) is 17.0 Å². The summed E-state index contributed by atoms with van der Waals surface area (Å²) >= 11 is 2.23. The lowest BCUT2D eigenvalue weighted by Gasteiger charge is -2.27. The highest BCUT2D eigenvalue weighted by Gasteiger charge is 2.39. The fourth-order valence-electron chi connectivity index (χ4n) is 4.32. The third kappa shape index (κ3) is 5.46. The number of rotatable bonds is 8. The Kier molecular flexibility index (Phi) is 7.81. The molecule has 0 atom stereocenters. The zero-order chi connectivity index (χ0) is 26.4. The molecular weight excluding hydrogens is 587 g/mol. The van der Waals surface area contributed by atoms with Crippen molar-refractivity contribution in [2.75, 3.05) is 0 Å². The van der Waals surface area contributed by atoms with E-state index >= 15 is 0 Å². The minimum Gasteiger partial charge on any atom is -0.488 e. The minimum absolute atomic E-state index is 0.457. The van der Waals surface area contributed by atoms with E-state index in [0.29, 0.717) is 17.7 Å². The molecule has 0 aliphatic rings. The first-order valence-electron chi connectivity index (χ1n) is 12.1. The molecule has 1 amide bonds. The van der Waals surface area contributed by atoms with Crippen LogP contribution in [0, 0.1) is 3.57 Å². The smallest absolute Gasteiger partial charge is 0.281 e. The lowest BCUT2D eigenvalue weighted by Crippen LogP contribution is -2.43. The number of nitrogens with zero attached hydrogens (tertiary/aromatic N) is 1. The van der Waals surface area contributed by atoms with Gasteiger partial charge in [0.05, 0.1) is 9.78 Å². The second-order valence-electron chi connectivity index (χ2n) is 8.76. The Labute approximate surface area is 234 Å². The molecular formula is C32H25IN2O3. The maximum Gasteiger partial charge on any atom is 0.281 e. The molecule has 0 radical (unpaired) electrons. The lowest BCUT2D eigenvalue weighted by atomic mass is 9.85. The molecule has 5 aromatic carbocycles. The molecule has 5 aromatic rings. The van der Waals surface area contributed by atoms with E-state index in [9.17, 15) is 9.90 Å². The van der Waals surface area contributed by atoms with Gasteiger partial charge in [0.15, 0.2) is 5.60 Å². The number of ether oxygens (including phenoxy) is 1. The first-order valence-corrected chi connectivity index (χ1v) is 13.2. The van der Waals surface area contributed by atoms with Crippen LogP contribution in [0.1, 0.15) is 22.3 Å². The molecule has 0 saturated heterocycles. The summed E-state index contributed by atoms with van der Waals surface area (Å²) in [6.07, 6.45) is 1.55. The minimum atomic E-state index is -1.88. The number of nitrogens with one attached hydrogen (secondary N) is 1. The van der Waals surface area contributed by atoms with Crippen LogP contribution in [0.2, 0.25) is 0 Å². The standard InChI is InChI=1S/C32H25IN2O3/c33-29-20-23(18-19-30(29)38-22-25-12-9-11-24-10-7-8-17-28(24)25)21-34-35-31(36)32(37,26-13-3-1-4-14-26)27-15-5-2-6-16-27/h1-21,37H,22H2,(H,35,36)/b34-21+. The number of carbonyl (C=O) groups is 1. The Morgan fingerprint density at radius 2 is 1.47 bits per heavy atom. The van der Waals surface area contributed by atoms with Crippen LogP contribution in [0.15, 0.2) is 126 Å². The molecule has 0 aliphatic heterocycles. The molecule has 0 aliphatic carbocycles. The molecule has 0 heterocycles. The Morgan fingerprint density at radius 3 is 2.16 bits per heavy atom. The summed E-state index contributed by atoms with van der Waals surface area (Å²) in [6.45, 7) is 0.457. The zero-order valence-corrected chi connectivity index (χ0v) is 22.6. The highest BCUT2D eigenvalue weighted by atomic mass is 127. The Balaban J connectivity index is 1.28. The first kappa shape index (κ1) is 25.6. The predicted octanol–water partition coefficient (Wildman–Crippen LogP) is 6.41. The van der Waals surface area contributed by atoms with Gasteiger partial charge >= 0.3 is 0 Å². The number of fused-ring (bicyclic) bond motifs is 1. The van der Waals surface area contributed by atoms with Crippen molar-refractivity contribution in [3.05, 3.63) is 147 Å². The van der Waals surface area contributed by atoms with E-state index in [1.807, 2.05) is 48.5 Å². The average Bonchev–Trinajstić information content (AvgIpc) is 2.97. The van der Waals surface area contributed by atoms with E-state index in [1.54, 1.807) is 54.7 Å². The van der Waals surface area contributed by atoms with Gasteiger partial charge in [0, 0.05) is 0 Å². The number of hydrazone groups is 1. The summed E-state index contributed by atoms with van der Waals surface area (Å²) in [5.41, 5.74) is 3.46. The van der Waals surface area contributed by atoms with E-state index in [2.05, 4.69) is 57.4 Å². The Morgan fingerprint density at radius 1 is 0.842 bits per heavy atom.